The van der Waals surface area contributed by atoms with Crippen molar-refractivity contribution in [3.8, 4) is 11.8 Å². The topological polar surface area (TPSA) is 45.5 Å². The zero-order valence-corrected chi connectivity index (χ0v) is 11.6. The second kappa shape index (κ2) is 6.05. The second-order valence-electron chi connectivity index (χ2n) is 4.71. The number of ether oxygens (including phenoxy) is 2. The highest BCUT2D eigenvalue weighted by Gasteiger charge is 2.37. The molecule has 0 saturated carbocycles. The maximum atomic E-state index is 9.70. The first-order valence-corrected chi connectivity index (χ1v) is 6.68. The van der Waals surface area contributed by atoms with Gasteiger partial charge in [-0.25, -0.2) is 0 Å². The van der Waals surface area contributed by atoms with Gasteiger partial charge in [0.15, 0.2) is 0 Å². The van der Waals surface area contributed by atoms with E-state index in [0.717, 1.165) is 24.4 Å². The molecule has 1 heterocycles. The number of rotatable bonds is 4. The van der Waals surface area contributed by atoms with Crippen molar-refractivity contribution >= 4 is 0 Å². The van der Waals surface area contributed by atoms with Crippen LogP contribution in [-0.2, 0) is 10.3 Å². The third kappa shape index (κ3) is 2.73. The normalized spacial score (nSPS) is 19.4. The Kier molecular flexibility index (Phi) is 4.41. The molecular weight excluding hydrogens is 240 g/mol. The SMILES string of the molecule is CCOc1ccccc1C(C)(C#N)N1CCOCC1. The summed E-state index contributed by atoms with van der Waals surface area (Å²) in [7, 11) is 0. The van der Waals surface area contributed by atoms with Crippen molar-refractivity contribution < 1.29 is 9.47 Å². The molecule has 1 aliphatic rings. The van der Waals surface area contributed by atoms with E-state index in [1.54, 1.807) is 0 Å². The van der Waals surface area contributed by atoms with E-state index < -0.39 is 5.54 Å². The molecule has 1 aliphatic heterocycles. The summed E-state index contributed by atoms with van der Waals surface area (Å²) < 4.78 is 11.0. The van der Waals surface area contributed by atoms with Gasteiger partial charge in [-0.1, -0.05) is 18.2 Å². The quantitative estimate of drug-likeness (QED) is 0.832. The van der Waals surface area contributed by atoms with Crippen LogP contribution in [-0.4, -0.2) is 37.8 Å². The summed E-state index contributed by atoms with van der Waals surface area (Å²) in [6, 6.07) is 10.2. The molecule has 0 radical (unpaired) electrons. The lowest BCUT2D eigenvalue weighted by Gasteiger charge is -2.39. The molecule has 1 aromatic rings. The van der Waals surface area contributed by atoms with Gasteiger partial charge in [0.1, 0.15) is 11.3 Å². The summed E-state index contributed by atoms with van der Waals surface area (Å²) in [4.78, 5) is 2.16. The average molecular weight is 260 g/mol. The smallest absolute Gasteiger partial charge is 0.135 e. The fourth-order valence-electron chi connectivity index (χ4n) is 2.46. The van der Waals surface area contributed by atoms with Gasteiger partial charge in [-0.15, -0.1) is 0 Å². The predicted molar refractivity (Wildman–Crippen MR) is 73.0 cm³/mol. The van der Waals surface area contributed by atoms with E-state index in [9.17, 15) is 5.26 Å². The van der Waals surface area contributed by atoms with Gasteiger partial charge in [0, 0.05) is 18.7 Å². The van der Waals surface area contributed by atoms with E-state index in [1.165, 1.54) is 0 Å². The highest BCUT2D eigenvalue weighted by atomic mass is 16.5. The summed E-state index contributed by atoms with van der Waals surface area (Å²) in [5.41, 5.74) is 0.261. The Bertz CT molecular complexity index is 463. The lowest BCUT2D eigenvalue weighted by Crippen LogP contribution is -2.49. The Morgan fingerprint density at radius 2 is 2.05 bits per heavy atom. The van der Waals surface area contributed by atoms with Gasteiger partial charge in [0.05, 0.1) is 25.9 Å². The summed E-state index contributed by atoms with van der Waals surface area (Å²) >= 11 is 0. The van der Waals surface area contributed by atoms with Crippen LogP contribution < -0.4 is 4.74 Å². The average Bonchev–Trinajstić information content (AvgIpc) is 2.48. The first kappa shape index (κ1) is 13.9. The molecule has 1 atom stereocenters. The molecular formula is C15H20N2O2. The van der Waals surface area contributed by atoms with E-state index in [-0.39, 0.29) is 0 Å². The molecule has 0 aromatic heterocycles. The highest BCUT2D eigenvalue weighted by molar-refractivity contribution is 5.42. The van der Waals surface area contributed by atoms with Gasteiger partial charge < -0.3 is 9.47 Å². The molecule has 1 saturated heterocycles. The molecule has 1 aromatic carbocycles. The first-order chi connectivity index (χ1) is 9.22. The van der Waals surface area contributed by atoms with Crippen LogP contribution in [0, 0.1) is 11.3 Å². The van der Waals surface area contributed by atoms with Gasteiger partial charge in [-0.3, -0.25) is 4.90 Å². The Morgan fingerprint density at radius 3 is 2.68 bits per heavy atom. The maximum absolute atomic E-state index is 9.70. The van der Waals surface area contributed by atoms with Crippen LogP contribution in [0.5, 0.6) is 5.75 Å². The molecule has 0 spiro atoms. The minimum Gasteiger partial charge on any atom is -0.493 e. The van der Waals surface area contributed by atoms with Gasteiger partial charge in [0.2, 0.25) is 0 Å². The van der Waals surface area contributed by atoms with Crippen molar-refractivity contribution in [1.82, 2.24) is 4.90 Å². The van der Waals surface area contributed by atoms with Gasteiger partial charge in [0.25, 0.3) is 0 Å². The van der Waals surface area contributed by atoms with E-state index in [2.05, 4.69) is 11.0 Å². The van der Waals surface area contributed by atoms with Gasteiger partial charge >= 0.3 is 0 Å². The standard InChI is InChI=1S/C15H20N2O2/c1-3-19-14-7-5-4-6-13(14)15(2,12-16)17-8-10-18-11-9-17/h4-7H,3,8-11H2,1-2H3. The van der Waals surface area contributed by atoms with Crippen molar-refractivity contribution in [2.45, 2.75) is 19.4 Å². The van der Waals surface area contributed by atoms with Crippen LogP contribution in [0.1, 0.15) is 19.4 Å². The number of benzene rings is 1. The zero-order valence-electron chi connectivity index (χ0n) is 11.6. The largest absolute Gasteiger partial charge is 0.493 e. The molecule has 2 rings (SSSR count). The van der Waals surface area contributed by atoms with Crippen LogP contribution >= 0.6 is 0 Å². The maximum Gasteiger partial charge on any atom is 0.135 e. The number of nitrogens with zero attached hydrogens (tertiary/aromatic N) is 2. The van der Waals surface area contributed by atoms with Crippen LogP contribution in [0.25, 0.3) is 0 Å². The summed E-state index contributed by atoms with van der Waals surface area (Å²) in [5, 5.41) is 9.70. The van der Waals surface area contributed by atoms with Crippen molar-refractivity contribution in [2.24, 2.45) is 0 Å². The monoisotopic (exact) mass is 260 g/mol. The number of morpholine rings is 1. The minimum absolute atomic E-state index is 0.599. The van der Waals surface area contributed by atoms with Crippen molar-refractivity contribution in [2.75, 3.05) is 32.9 Å². The molecule has 19 heavy (non-hydrogen) atoms. The Labute approximate surface area is 114 Å². The fourth-order valence-corrected chi connectivity index (χ4v) is 2.46. The van der Waals surface area contributed by atoms with Crippen LogP contribution in [0.4, 0.5) is 0 Å². The molecule has 0 amide bonds. The van der Waals surface area contributed by atoms with E-state index >= 15 is 0 Å². The number of hydrogen-bond donors (Lipinski definition) is 0. The Morgan fingerprint density at radius 1 is 1.37 bits per heavy atom. The number of hydrogen-bond acceptors (Lipinski definition) is 4. The molecule has 4 heteroatoms. The summed E-state index contributed by atoms with van der Waals surface area (Å²) in [5.74, 6) is 0.792. The molecule has 0 bridgehead atoms. The van der Waals surface area contributed by atoms with Crippen LogP contribution in [0.2, 0.25) is 0 Å². The fraction of sp³-hybridized carbons (Fsp3) is 0.533. The second-order valence-corrected chi connectivity index (χ2v) is 4.71. The lowest BCUT2D eigenvalue weighted by atomic mass is 9.90. The Hall–Kier alpha value is -1.57. The molecule has 1 fully saturated rings. The predicted octanol–water partition coefficient (Wildman–Crippen LogP) is 2.16. The van der Waals surface area contributed by atoms with Gasteiger partial charge in [-0.05, 0) is 19.9 Å². The van der Waals surface area contributed by atoms with Crippen LogP contribution in [0.3, 0.4) is 0 Å². The molecule has 0 N–H and O–H groups in total. The molecule has 4 nitrogen and oxygen atoms in total. The lowest BCUT2D eigenvalue weighted by molar-refractivity contribution is -0.000263. The van der Waals surface area contributed by atoms with E-state index in [4.69, 9.17) is 9.47 Å². The molecule has 1 unspecified atom stereocenters. The van der Waals surface area contributed by atoms with Gasteiger partial charge in [-0.2, -0.15) is 5.26 Å². The zero-order chi connectivity index (χ0) is 13.7. The first-order valence-electron chi connectivity index (χ1n) is 6.68. The summed E-state index contributed by atoms with van der Waals surface area (Å²) in [6.07, 6.45) is 0. The Balaban J connectivity index is 2.37. The van der Waals surface area contributed by atoms with E-state index in [1.807, 2.05) is 38.1 Å². The highest BCUT2D eigenvalue weighted by Crippen LogP contribution is 2.34. The number of para-hydroxylation sites is 1. The summed E-state index contributed by atoms with van der Waals surface area (Å²) in [6.45, 7) is 7.39. The van der Waals surface area contributed by atoms with Crippen molar-refractivity contribution in [3.63, 3.8) is 0 Å². The van der Waals surface area contributed by atoms with Crippen molar-refractivity contribution in [3.05, 3.63) is 29.8 Å². The number of nitriles is 1. The third-order valence-corrected chi connectivity index (χ3v) is 3.57. The van der Waals surface area contributed by atoms with Crippen LogP contribution in [0.15, 0.2) is 24.3 Å². The minimum atomic E-state index is -0.671. The van der Waals surface area contributed by atoms with E-state index in [0.29, 0.717) is 19.8 Å². The molecule has 102 valence electrons. The van der Waals surface area contributed by atoms with Crippen molar-refractivity contribution in [1.29, 1.82) is 5.26 Å². The molecule has 0 aliphatic carbocycles. The third-order valence-electron chi connectivity index (χ3n) is 3.57.